The van der Waals surface area contributed by atoms with Crippen molar-refractivity contribution in [2.24, 2.45) is 5.41 Å². The summed E-state index contributed by atoms with van der Waals surface area (Å²) < 4.78 is 5.17. The zero-order valence-corrected chi connectivity index (χ0v) is 16.8. The van der Waals surface area contributed by atoms with Crippen molar-refractivity contribution in [3.05, 3.63) is 70.8 Å². The number of benzene rings is 2. The maximum absolute atomic E-state index is 12.1. The molecule has 0 aliphatic heterocycles. The zero-order chi connectivity index (χ0) is 20.3. The maximum Gasteiger partial charge on any atom is 0.162 e. The van der Waals surface area contributed by atoms with E-state index in [2.05, 4.69) is 30.0 Å². The van der Waals surface area contributed by atoms with Gasteiger partial charge >= 0.3 is 0 Å². The van der Waals surface area contributed by atoms with Crippen molar-refractivity contribution in [1.82, 2.24) is 0 Å². The first-order chi connectivity index (χ1) is 14.1. The third-order valence-electron chi connectivity index (χ3n) is 6.28. The molecule has 0 amide bonds. The Hall–Kier alpha value is -2.83. The lowest BCUT2D eigenvalue weighted by molar-refractivity contribution is -0.136. The fourth-order valence-electron chi connectivity index (χ4n) is 4.66. The second kappa shape index (κ2) is 8.27. The molecule has 2 aromatic rings. The van der Waals surface area contributed by atoms with E-state index in [0.29, 0.717) is 6.42 Å². The molecule has 3 heteroatoms. The Labute approximate surface area is 172 Å². The SMILES string of the molecule is COc1ccc(C#Cc2ccc(/C=C3\CCC[C@]34CCCC(=O)[C@H]4O)cc2)cc1. The zero-order valence-electron chi connectivity index (χ0n) is 16.8. The highest BCUT2D eigenvalue weighted by Gasteiger charge is 2.48. The second-order valence-corrected chi connectivity index (χ2v) is 8.00. The van der Waals surface area contributed by atoms with Crippen LogP contribution in [0.3, 0.4) is 0 Å². The number of hydrogen-bond acceptors (Lipinski definition) is 3. The Kier molecular flexibility index (Phi) is 5.56. The standard InChI is InChI=1S/C26H26O3/c1-29-23-14-12-20(13-15-23)7-6-19-8-10-21(11-9-19)18-22-4-2-16-26(22)17-3-5-24(27)25(26)28/h8-15,18,25,28H,2-5,16-17H2,1H3/b22-18+/t25-,26+/m1/s1. The van der Waals surface area contributed by atoms with E-state index in [0.717, 1.165) is 54.5 Å². The first-order valence-corrected chi connectivity index (χ1v) is 10.3. The van der Waals surface area contributed by atoms with Crippen LogP contribution in [0.5, 0.6) is 5.75 Å². The number of methoxy groups -OCH3 is 1. The van der Waals surface area contributed by atoms with Gasteiger partial charge in [0.2, 0.25) is 0 Å². The number of aliphatic hydroxyl groups is 1. The lowest BCUT2D eigenvalue weighted by atomic mass is 9.67. The quantitative estimate of drug-likeness (QED) is 0.757. The molecule has 148 valence electrons. The van der Waals surface area contributed by atoms with Crippen LogP contribution < -0.4 is 4.74 Å². The molecular formula is C26H26O3. The van der Waals surface area contributed by atoms with E-state index in [4.69, 9.17) is 4.74 Å². The Balaban J connectivity index is 1.52. The van der Waals surface area contributed by atoms with Crippen molar-refractivity contribution in [3.63, 3.8) is 0 Å². The molecule has 2 aliphatic carbocycles. The largest absolute Gasteiger partial charge is 0.497 e. The minimum Gasteiger partial charge on any atom is -0.497 e. The molecule has 0 radical (unpaired) electrons. The van der Waals surface area contributed by atoms with Gasteiger partial charge in [0, 0.05) is 23.0 Å². The molecule has 0 saturated heterocycles. The van der Waals surface area contributed by atoms with Crippen LogP contribution in [-0.2, 0) is 4.79 Å². The van der Waals surface area contributed by atoms with Crippen LogP contribution in [0.4, 0.5) is 0 Å². The van der Waals surface area contributed by atoms with Gasteiger partial charge in [-0.2, -0.15) is 0 Å². The molecule has 0 bridgehead atoms. The van der Waals surface area contributed by atoms with E-state index in [9.17, 15) is 9.90 Å². The van der Waals surface area contributed by atoms with E-state index < -0.39 is 6.10 Å². The number of ether oxygens (including phenoxy) is 1. The van der Waals surface area contributed by atoms with Gasteiger partial charge in [-0.1, -0.05) is 35.6 Å². The summed E-state index contributed by atoms with van der Waals surface area (Å²) in [6.45, 7) is 0. The van der Waals surface area contributed by atoms with E-state index in [1.165, 1.54) is 5.57 Å². The van der Waals surface area contributed by atoms with Crippen molar-refractivity contribution in [1.29, 1.82) is 0 Å². The monoisotopic (exact) mass is 386 g/mol. The molecule has 29 heavy (non-hydrogen) atoms. The molecule has 2 atom stereocenters. The normalized spacial score (nSPS) is 25.1. The van der Waals surface area contributed by atoms with Crippen molar-refractivity contribution in [3.8, 4) is 17.6 Å². The van der Waals surface area contributed by atoms with Crippen molar-refractivity contribution >= 4 is 11.9 Å². The summed E-state index contributed by atoms with van der Waals surface area (Å²) >= 11 is 0. The van der Waals surface area contributed by atoms with Gasteiger partial charge in [-0.05, 0) is 74.1 Å². The number of Topliss-reactive ketones (excluding diaryl/α,β-unsaturated/α-hetero) is 1. The van der Waals surface area contributed by atoms with Gasteiger partial charge in [0.15, 0.2) is 5.78 Å². The fourth-order valence-corrected chi connectivity index (χ4v) is 4.66. The first-order valence-electron chi connectivity index (χ1n) is 10.3. The van der Waals surface area contributed by atoms with E-state index in [1.807, 2.05) is 36.4 Å². The average molecular weight is 386 g/mol. The van der Waals surface area contributed by atoms with Gasteiger partial charge in [-0.15, -0.1) is 0 Å². The molecule has 2 fully saturated rings. The highest BCUT2D eigenvalue weighted by atomic mass is 16.5. The molecular weight excluding hydrogens is 360 g/mol. The third kappa shape index (κ3) is 3.99. The summed E-state index contributed by atoms with van der Waals surface area (Å²) in [4.78, 5) is 12.1. The first kappa shape index (κ1) is 19.5. The summed E-state index contributed by atoms with van der Waals surface area (Å²) in [5.41, 5.74) is 3.90. The Morgan fingerprint density at radius 3 is 2.17 bits per heavy atom. The summed E-state index contributed by atoms with van der Waals surface area (Å²) in [7, 11) is 1.65. The minimum atomic E-state index is -0.834. The highest BCUT2D eigenvalue weighted by molar-refractivity contribution is 5.85. The molecule has 1 N–H and O–H groups in total. The second-order valence-electron chi connectivity index (χ2n) is 8.00. The van der Waals surface area contributed by atoms with E-state index in [1.54, 1.807) is 7.11 Å². The predicted molar refractivity (Wildman–Crippen MR) is 115 cm³/mol. The minimum absolute atomic E-state index is 0.00760. The molecule has 2 aromatic carbocycles. The van der Waals surface area contributed by atoms with Gasteiger partial charge in [-0.3, -0.25) is 4.79 Å². The Bertz CT molecular complexity index is 973. The maximum atomic E-state index is 12.1. The lowest BCUT2D eigenvalue weighted by Gasteiger charge is -2.38. The molecule has 0 aromatic heterocycles. The van der Waals surface area contributed by atoms with Crippen LogP contribution >= 0.6 is 0 Å². The van der Waals surface area contributed by atoms with E-state index >= 15 is 0 Å². The Morgan fingerprint density at radius 1 is 0.966 bits per heavy atom. The van der Waals surface area contributed by atoms with Gasteiger partial charge in [0.05, 0.1) is 7.11 Å². The molecule has 1 spiro atoms. The summed E-state index contributed by atoms with van der Waals surface area (Å²) in [6.07, 6.45) is 6.57. The van der Waals surface area contributed by atoms with Gasteiger partial charge in [0.25, 0.3) is 0 Å². The summed E-state index contributed by atoms with van der Waals surface area (Å²) in [6, 6.07) is 15.9. The smallest absolute Gasteiger partial charge is 0.162 e. The molecule has 2 saturated carbocycles. The van der Waals surface area contributed by atoms with Crippen LogP contribution in [0, 0.1) is 17.3 Å². The number of aliphatic hydroxyl groups excluding tert-OH is 1. The van der Waals surface area contributed by atoms with Gasteiger partial charge in [-0.25, -0.2) is 0 Å². The summed E-state index contributed by atoms with van der Waals surface area (Å²) in [5, 5.41) is 10.6. The molecule has 2 aliphatic rings. The number of carbonyl (C=O) groups excluding carboxylic acids is 1. The average Bonchev–Trinajstić information content (AvgIpc) is 3.14. The van der Waals surface area contributed by atoms with Crippen LogP contribution in [0.1, 0.15) is 55.2 Å². The topological polar surface area (TPSA) is 46.5 Å². The highest BCUT2D eigenvalue weighted by Crippen LogP contribution is 2.52. The van der Waals surface area contributed by atoms with Crippen molar-refractivity contribution in [2.45, 2.75) is 44.6 Å². The van der Waals surface area contributed by atoms with Crippen LogP contribution in [0.15, 0.2) is 54.1 Å². The number of hydrogen-bond donors (Lipinski definition) is 1. The molecule has 0 unspecified atom stereocenters. The van der Waals surface area contributed by atoms with Crippen LogP contribution in [0.2, 0.25) is 0 Å². The Morgan fingerprint density at radius 2 is 1.55 bits per heavy atom. The van der Waals surface area contributed by atoms with Gasteiger partial charge < -0.3 is 9.84 Å². The number of rotatable bonds is 2. The molecule has 3 nitrogen and oxygen atoms in total. The third-order valence-corrected chi connectivity index (χ3v) is 6.28. The van der Waals surface area contributed by atoms with Crippen LogP contribution in [-0.4, -0.2) is 24.1 Å². The lowest BCUT2D eigenvalue weighted by Crippen LogP contribution is -2.43. The van der Waals surface area contributed by atoms with Crippen molar-refractivity contribution in [2.75, 3.05) is 7.11 Å². The van der Waals surface area contributed by atoms with Crippen LogP contribution in [0.25, 0.3) is 6.08 Å². The fraction of sp³-hybridized carbons (Fsp3) is 0.346. The van der Waals surface area contributed by atoms with Crippen molar-refractivity contribution < 1.29 is 14.6 Å². The van der Waals surface area contributed by atoms with E-state index in [-0.39, 0.29) is 11.2 Å². The van der Waals surface area contributed by atoms with Gasteiger partial charge in [0.1, 0.15) is 11.9 Å². The number of ketones is 1. The molecule has 4 rings (SSSR count). The summed E-state index contributed by atoms with van der Waals surface area (Å²) in [5.74, 6) is 7.19. The molecule has 0 heterocycles. The number of carbonyl (C=O) groups is 1. The predicted octanol–water partition coefficient (Wildman–Crippen LogP) is 4.76.